The molecule has 0 heterocycles. The molecule has 154 valence electrons. The van der Waals surface area contributed by atoms with Crippen LogP contribution in [-0.4, -0.2) is 30.4 Å². The first kappa shape index (κ1) is 22.4. The van der Waals surface area contributed by atoms with Crippen LogP contribution in [0.25, 0.3) is 0 Å². The fraction of sp³-hybridized carbons (Fsp3) is 0.318. The van der Waals surface area contributed by atoms with Crippen LogP contribution in [0.3, 0.4) is 0 Å². The van der Waals surface area contributed by atoms with Crippen LogP contribution < -0.4 is 10.6 Å². The number of anilines is 1. The molecule has 2 aromatic carbocycles. The summed E-state index contributed by atoms with van der Waals surface area (Å²) in [5.41, 5.74) is 2.19. The van der Waals surface area contributed by atoms with E-state index in [1.165, 1.54) is 12.5 Å². The fourth-order valence-electron chi connectivity index (χ4n) is 2.53. The number of carbonyl (C=O) groups is 3. The lowest BCUT2D eigenvalue weighted by atomic mass is 9.99. The lowest BCUT2D eigenvalue weighted by Gasteiger charge is -2.14. The number of esters is 1. The Morgan fingerprint density at radius 2 is 1.62 bits per heavy atom. The van der Waals surface area contributed by atoms with Crippen molar-refractivity contribution in [3.63, 3.8) is 0 Å². The van der Waals surface area contributed by atoms with Gasteiger partial charge in [0.2, 0.25) is 0 Å². The molecule has 2 amide bonds. The standard InChI is InChI=1S/C22H25ClN2O4/c1-4-14(2)16-7-11-19(12-8-16)25-20(26)13-29-22(28)15(3)24-21(27)17-5-9-18(23)10-6-17/h5-12,14-15H,4,13H2,1-3H3,(H,24,27)(H,25,26)/t14-,15-/m0/s1. The van der Waals surface area contributed by atoms with Gasteiger partial charge >= 0.3 is 5.97 Å². The summed E-state index contributed by atoms with van der Waals surface area (Å²) in [6.45, 7) is 5.31. The predicted octanol–water partition coefficient (Wildman–Crippen LogP) is 4.15. The number of nitrogens with one attached hydrogen (secondary N) is 2. The van der Waals surface area contributed by atoms with Gasteiger partial charge in [-0.05, 0) is 61.2 Å². The highest BCUT2D eigenvalue weighted by Gasteiger charge is 2.19. The summed E-state index contributed by atoms with van der Waals surface area (Å²) in [5.74, 6) is -1.14. The van der Waals surface area contributed by atoms with Crippen LogP contribution in [0.1, 0.15) is 49.0 Å². The summed E-state index contributed by atoms with van der Waals surface area (Å²) in [6.07, 6.45) is 1.04. The number of amides is 2. The molecule has 0 aliphatic heterocycles. The lowest BCUT2D eigenvalue weighted by molar-refractivity contribution is -0.148. The third kappa shape index (κ3) is 6.91. The van der Waals surface area contributed by atoms with Gasteiger partial charge in [-0.1, -0.05) is 37.6 Å². The van der Waals surface area contributed by atoms with Gasteiger partial charge in [-0.25, -0.2) is 4.79 Å². The number of rotatable bonds is 8. The maximum Gasteiger partial charge on any atom is 0.328 e. The Morgan fingerprint density at radius 3 is 2.21 bits per heavy atom. The van der Waals surface area contributed by atoms with E-state index in [0.29, 0.717) is 22.2 Å². The maximum absolute atomic E-state index is 12.1. The van der Waals surface area contributed by atoms with Crippen LogP contribution in [-0.2, 0) is 14.3 Å². The predicted molar refractivity (Wildman–Crippen MR) is 113 cm³/mol. The molecule has 0 aliphatic carbocycles. The van der Waals surface area contributed by atoms with Crippen molar-refractivity contribution in [2.75, 3.05) is 11.9 Å². The smallest absolute Gasteiger partial charge is 0.328 e. The van der Waals surface area contributed by atoms with Gasteiger partial charge in [-0.3, -0.25) is 9.59 Å². The highest BCUT2D eigenvalue weighted by atomic mass is 35.5. The van der Waals surface area contributed by atoms with Gasteiger partial charge in [-0.15, -0.1) is 0 Å². The molecular weight excluding hydrogens is 392 g/mol. The molecule has 0 aliphatic rings. The highest BCUT2D eigenvalue weighted by molar-refractivity contribution is 6.30. The van der Waals surface area contributed by atoms with E-state index in [-0.39, 0.29) is 0 Å². The third-order valence-corrected chi connectivity index (χ3v) is 4.78. The minimum absolute atomic E-state index is 0.368. The van der Waals surface area contributed by atoms with Crippen LogP contribution >= 0.6 is 11.6 Å². The molecule has 2 N–H and O–H groups in total. The Bertz CT molecular complexity index is 850. The molecule has 2 atom stereocenters. The first-order valence-electron chi connectivity index (χ1n) is 9.43. The minimum Gasteiger partial charge on any atom is -0.454 e. The van der Waals surface area contributed by atoms with Crippen LogP contribution in [0.5, 0.6) is 0 Å². The number of hydrogen-bond acceptors (Lipinski definition) is 4. The van der Waals surface area contributed by atoms with Crippen molar-refractivity contribution in [1.29, 1.82) is 0 Å². The molecular formula is C22H25ClN2O4. The second-order valence-corrected chi connectivity index (χ2v) is 7.23. The van der Waals surface area contributed by atoms with Gasteiger partial charge in [0.15, 0.2) is 6.61 Å². The zero-order valence-corrected chi connectivity index (χ0v) is 17.5. The molecule has 0 aromatic heterocycles. The van der Waals surface area contributed by atoms with Gasteiger partial charge < -0.3 is 15.4 Å². The fourth-order valence-corrected chi connectivity index (χ4v) is 2.66. The summed E-state index contributed by atoms with van der Waals surface area (Å²) in [5, 5.41) is 5.71. The second kappa shape index (κ2) is 10.6. The van der Waals surface area contributed by atoms with Crippen molar-refractivity contribution in [2.45, 2.75) is 39.2 Å². The zero-order valence-electron chi connectivity index (χ0n) is 16.7. The van der Waals surface area contributed by atoms with E-state index in [0.717, 1.165) is 6.42 Å². The lowest BCUT2D eigenvalue weighted by Crippen LogP contribution is -2.40. The normalized spacial score (nSPS) is 12.6. The molecule has 0 unspecified atom stereocenters. The van der Waals surface area contributed by atoms with Gasteiger partial charge in [0.1, 0.15) is 6.04 Å². The van der Waals surface area contributed by atoms with E-state index < -0.39 is 30.4 Å². The number of halogens is 1. The highest BCUT2D eigenvalue weighted by Crippen LogP contribution is 2.20. The summed E-state index contributed by atoms with van der Waals surface area (Å²) >= 11 is 5.79. The number of ether oxygens (including phenoxy) is 1. The number of benzene rings is 2. The average molecular weight is 417 g/mol. The minimum atomic E-state index is -0.902. The number of carbonyl (C=O) groups excluding carboxylic acids is 3. The van der Waals surface area contributed by atoms with Crippen molar-refractivity contribution >= 4 is 35.1 Å². The molecule has 6 nitrogen and oxygen atoms in total. The zero-order chi connectivity index (χ0) is 21.4. The summed E-state index contributed by atoms with van der Waals surface area (Å²) in [6, 6.07) is 12.9. The monoisotopic (exact) mass is 416 g/mol. The van der Waals surface area contributed by atoms with E-state index in [1.807, 2.05) is 24.3 Å². The van der Waals surface area contributed by atoms with Crippen molar-refractivity contribution in [3.05, 3.63) is 64.7 Å². The van der Waals surface area contributed by atoms with E-state index >= 15 is 0 Å². The number of hydrogen-bond donors (Lipinski definition) is 2. The van der Waals surface area contributed by atoms with Crippen LogP contribution in [0, 0.1) is 0 Å². The van der Waals surface area contributed by atoms with Crippen molar-refractivity contribution in [1.82, 2.24) is 5.32 Å². The Labute approximate surface area is 175 Å². The second-order valence-electron chi connectivity index (χ2n) is 6.79. The molecule has 0 spiro atoms. The average Bonchev–Trinajstić information content (AvgIpc) is 2.72. The van der Waals surface area contributed by atoms with E-state index in [4.69, 9.17) is 16.3 Å². The summed E-state index contributed by atoms with van der Waals surface area (Å²) < 4.78 is 4.99. The maximum atomic E-state index is 12.1. The van der Waals surface area contributed by atoms with Gasteiger partial charge in [0.05, 0.1) is 0 Å². The first-order valence-corrected chi connectivity index (χ1v) is 9.80. The molecule has 2 rings (SSSR count). The Kier molecular flexibility index (Phi) is 8.21. The molecule has 29 heavy (non-hydrogen) atoms. The Hall–Kier alpha value is -2.86. The molecule has 0 fully saturated rings. The Morgan fingerprint density at radius 1 is 1.00 bits per heavy atom. The molecule has 7 heteroatoms. The van der Waals surface area contributed by atoms with Crippen molar-refractivity contribution in [3.8, 4) is 0 Å². The Balaban J connectivity index is 1.79. The van der Waals surface area contributed by atoms with Crippen molar-refractivity contribution < 1.29 is 19.1 Å². The van der Waals surface area contributed by atoms with Crippen LogP contribution in [0.4, 0.5) is 5.69 Å². The van der Waals surface area contributed by atoms with E-state index in [9.17, 15) is 14.4 Å². The third-order valence-electron chi connectivity index (χ3n) is 4.53. The van der Waals surface area contributed by atoms with Crippen LogP contribution in [0.2, 0.25) is 5.02 Å². The molecule has 0 bridgehead atoms. The van der Waals surface area contributed by atoms with Gasteiger partial charge in [0.25, 0.3) is 11.8 Å². The molecule has 2 aromatic rings. The van der Waals surface area contributed by atoms with Gasteiger partial charge in [-0.2, -0.15) is 0 Å². The largest absolute Gasteiger partial charge is 0.454 e. The SMILES string of the molecule is CC[C@H](C)c1ccc(NC(=O)COC(=O)[C@H](C)NC(=O)c2ccc(Cl)cc2)cc1. The molecule has 0 radical (unpaired) electrons. The topological polar surface area (TPSA) is 84.5 Å². The first-order chi connectivity index (χ1) is 13.8. The molecule has 0 saturated carbocycles. The van der Waals surface area contributed by atoms with E-state index in [1.54, 1.807) is 24.3 Å². The summed E-state index contributed by atoms with van der Waals surface area (Å²) in [7, 11) is 0. The van der Waals surface area contributed by atoms with Gasteiger partial charge in [0, 0.05) is 16.3 Å². The quantitative estimate of drug-likeness (QED) is 0.633. The van der Waals surface area contributed by atoms with Crippen molar-refractivity contribution in [2.24, 2.45) is 0 Å². The summed E-state index contributed by atoms with van der Waals surface area (Å²) in [4.78, 5) is 36.1. The van der Waals surface area contributed by atoms with Crippen LogP contribution in [0.15, 0.2) is 48.5 Å². The van der Waals surface area contributed by atoms with E-state index in [2.05, 4.69) is 24.5 Å². The molecule has 0 saturated heterocycles.